The van der Waals surface area contributed by atoms with Crippen LogP contribution in [0, 0.1) is 0 Å². The number of carbonyl (C=O) groups is 2. The average Bonchev–Trinajstić information content (AvgIpc) is 3.12. The van der Waals surface area contributed by atoms with Crippen LogP contribution >= 0.6 is 0 Å². The van der Waals surface area contributed by atoms with E-state index in [9.17, 15) is 14.7 Å². The Morgan fingerprint density at radius 2 is 1.91 bits per heavy atom. The number of hydrogen-bond donors (Lipinski definition) is 4. The van der Waals surface area contributed by atoms with E-state index in [0.29, 0.717) is 46.5 Å². The van der Waals surface area contributed by atoms with Crippen molar-refractivity contribution in [2.75, 3.05) is 11.9 Å². The number of amidine groups is 1. The van der Waals surface area contributed by atoms with Gasteiger partial charge in [0.25, 0.3) is 5.91 Å². The number of benzene rings is 2. The van der Waals surface area contributed by atoms with Gasteiger partial charge < -0.3 is 25.5 Å². The van der Waals surface area contributed by atoms with Crippen LogP contribution in [0.3, 0.4) is 0 Å². The van der Waals surface area contributed by atoms with Crippen LogP contribution in [0.2, 0.25) is 0 Å². The summed E-state index contributed by atoms with van der Waals surface area (Å²) in [5.74, 6) is -0.0759. The van der Waals surface area contributed by atoms with E-state index in [1.807, 2.05) is 26.8 Å². The van der Waals surface area contributed by atoms with Gasteiger partial charge in [-0.05, 0) is 69.2 Å². The van der Waals surface area contributed by atoms with Crippen molar-refractivity contribution in [1.82, 2.24) is 10.3 Å². The lowest BCUT2D eigenvalue weighted by Crippen LogP contribution is -2.24. The lowest BCUT2D eigenvalue weighted by molar-refractivity contribution is 0.00693. The van der Waals surface area contributed by atoms with Gasteiger partial charge in [0.2, 0.25) is 5.88 Å². The van der Waals surface area contributed by atoms with E-state index in [1.165, 1.54) is 0 Å². The first kappa shape index (κ1) is 23.4. The molecule has 4 rings (SSSR count). The van der Waals surface area contributed by atoms with Crippen LogP contribution in [-0.2, 0) is 11.3 Å². The highest BCUT2D eigenvalue weighted by Gasteiger charge is 2.23. The Bertz CT molecular complexity index is 1280. The molecule has 0 bridgehead atoms. The second kappa shape index (κ2) is 9.21. The number of aliphatic imine (C=N–C) groups is 1. The van der Waals surface area contributed by atoms with Gasteiger partial charge in [0.15, 0.2) is 0 Å². The number of H-pyrrole nitrogens is 1. The lowest BCUT2D eigenvalue weighted by Gasteiger charge is -2.21. The highest BCUT2D eigenvalue weighted by molar-refractivity contribution is 6.19. The third-order valence-corrected chi connectivity index (χ3v) is 5.49. The maximum Gasteiger partial charge on any atom is 0.338 e. The van der Waals surface area contributed by atoms with Crippen LogP contribution in [0.4, 0.5) is 5.69 Å². The zero-order chi connectivity index (χ0) is 24.5. The molecule has 3 aromatic rings. The number of aromatic nitrogens is 1. The Balaban J connectivity index is 1.60. The Kier molecular flexibility index (Phi) is 6.32. The Hall–Kier alpha value is -3.81. The third kappa shape index (κ3) is 4.90. The van der Waals surface area contributed by atoms with Crippen LogP contribution in [-0.4, -0.2) is 39.9 Å². The maximum atomic E-state index is 12.5. The molecular weight excluding hydrogens is 432 g/mol. The number of nitrogens with one attached hydrogen (secondary N) is 3. The fourth-order valence-corrected chi connectivity index (χ4v) is 3.82. The summed E-state index contributed by atoms with van der Waals surface area (Å²) in [5.41, 5.74) is 3.25. The summed E-state index contributed by atoms with van der Waals surface area (Å²) >= 11 is 0. The van der Waals surface area contributed by atoms with Crippen molar-refractivity contribution < 1.29 is 19.4 Å². The van der Waals surface area contributed by atoms with E-state index in [1.54, 1.807) is 30.3 Å². The van der Waals surface area contributed by atoms with Crippen molar-refractivity contribution in [1.29, 1.82) is 0 Å². The molecular formula is C26H30N4O4. The smallest absolute Gasteiger partial charge is 0.338 e. The van der Waals surface area contributed by atoms with E-state index in [0.717, 1.165) is 24.1 Å². The molecule has 1 aliphatic heterocycles. The van der Waals surface area contributed by atoms with E-state index < -0.39 is 5.60 Å². The van der Waals surface area contributed by atoms with E-state index in [-0.39, 0.29) is 17.8 Å². The fourth-order valence-electron chi connectivity index (χ4n) is 3.82. The van der Waals surface area contributed by atoms with Crippen LogP contribution in [0.1, 0.15) is 72.4 Å². The predicted octanol–water partition coefficient (Wildman–Crippen LogP) is 4.73. The van der Waals surface area contributed by atoms with E-state index in [4.69, 9.17) is 4.74 Å². The standard InChI is InChI=1S/C26H30N4O4/c1-5-6-11-27-23(31)15-7-10-20-18(13-15)21(24(32)30-20)22-28-14-17-12-16(8-9-19(17)29-22)25(33)34-26(2,3)4/h7-10,12-13,30,32H,5-6,11,14H2,1-4H3,(H,27,31)(H,28,29). The molecule has 1 aromatic heterocycles. The molecule has 0 aliphatic carbocycles. The Labute approximate surface area is 198 Å². The summed E-state index contributed by atoms with van der Waals surface area (Å²) in [6.45, 7) is 8.51. The van der Waals surface area contributed by atoms with Crippen LogP contribution in [0.25, 0.3) is 10.9 Å². The molecule has 178 valence electrons. The normalized spacial score (nSPS) is 13.1. The minimum atomic E-state index is -0.574. The number of aromatic hydroxyl groups is 1. The van der Waals surface area contributed by atoms with Gasteiger partial charge in [-0.1, -0.05) is 13.3 Å². The molecule has 8 heteroatoms. The van der Waals surface area contributed by atoms with Gasteiger partial charge in [-0.25, -0.2) is 4.79 Å². The SMILES string of the molecule is CCCCNC(=O)c1ccc2[nH]c(O)c(C3=NCc4cc(C(=O)OC(C)(C)C)ccc4N3)c2c1. The van der Waals surface area contributed by atoms with Gasteiger partial charge in [0.1, 0.15) is 11.4 Å². The summed E-state index contributed by atoms with van der Waals surface area (Å²) < 4.78 is 5.46. The van der Waals surface area contributed by atoms with Crippen molar-refractivity contribution in [2.45, 2.75) is 52.7 Å². The topological polar surface area (TPSA) is 116 Å². The van der Waals surface area contributed by atoms with Crippen LogP contribution in [0.15, 0.2) is 41.4 Å². The molecule has 2 aromatic carbocycles. The van der Waals surface area contributed by atoms with Crippen molar-refractivity contribution >= 4 is 34.3 Å². The minimum absolute atomic E-state index is 0.0291. The molecule has 0 atom stereocenters. The first-order chi connectivity index (χ1) is 16.2. The summed E-state index contributed by atoms with van der Waals surface area (Å²) in [5, 5.41) is 17.5. The van der Waals surface area contributed by atoms with Crippen molar-refractivity contribution in [3.63, 3.8) is 0 Å². The monoisotopic (exact) mass is 462 g/mol. The zero-order valence-corrected chi connectivity index (χ0v) is 19.9. The van der Waals surface area contributed by atoms with Gasteiger partial charge in [0, 0.05) is 28.7 Å². The van der Waals surface area contributed by atoms with E-state index >= 15 is 0 Å². The van der Waals surface area contributed by atoms with Gasteiger partial charge in [-0.15, -0.1) is 0 Å². The van der Waals surface area contributed by atoms with Crippen molar-refractivity contribution in [3.05, 3.63) is 58.7 Å². The zero-order valence-electron chi connectivity index (χ0n) is 19.9. The Morgan fingerprint density at radius 3 is 2.65 bits per heavy atom. The molecule has 2 heterocycles. The highest BCUT2D eigenvalue weighted by Crippen LogP contribution is 2.32. The van der Waals surface area contributed by atoms with Gasteiger partial charge in [-0.2, -0.15) is 0 Å². The summed E-state index contributed by atoms with van der Waals surface area (Å²) in [6, 6.07) is 10.5. The van der Waals surface area contributed by atoms with E-state index in [2.05, 4.69) is 27.5 Å². The predicted molar refractivity (Wildman–Crippen MR) is 133 cm³/mol. The molecule has 8 nitrogen and oxygen atoms in total. The number of fused-ring (bicyclic) bond motifs is 2. The number of rotatable bonds is 6. The lowest BCUT2D eigenvalue weighted by atomic mass is 10.0. The molecule has 0 saturated carbocycles. The summed E-state index contributed by atoms with van der Waals surface area (Å²) in [4.78, 5) is 32.5. The number of ether oxygens (including phenoxy) is 1. The third-order valence-electron chi connectivity index (χ3n) is 5.49. The molecule has 0 unspecified atom stereocenters. The summed E-state index contributed by atoms with van der Waals surface area (Å²) in [7, 11) is 0. The minimum Gasteiger partial charge on any atom is -0.494 e. The number of esters is 1. The van der Waals surface area contributed by atoms with Gasteiger partial charge in [0.05, 0.1) is 17.7 Å². The van der Waals surface area contributed by atoms with Crippen molar-refractivity contribution in [3.8, 4) is 5.88 Å². The fraction of sp³-hybridized carbons (Fsp3) is 0.346. The molecule has 0 radical (unpaired) electrons. The van der Waals surface area contributed by atoms with Crippen LogP contribution < -0.4 is 10.6 Å². The quantitative estimate of drug-likeness (QED) is 0.312. The number of aromatic amines is 1. The second-order valence-corrected chi connectivity index (χ2v) is 9.38. The van der Waals surface area contributed by atoms with Crippen molar-refractivity contribution in [2.24, 2.45) is 4.99 Å². The number of carbonyl (C=O) groups excluding carboxylic acids is 2. The first-order valence-corrected chi connectivity index (χ1v) is 11.5. The Morgan fingerprint density at radius 1 is 1.15 bits per heavy atom. The summed E-state index contributed by atoms with van der Waals surface area (Å²) in [6.07, 6.45) is 1.92. The molecule has 34 heavy (non-hydrogen) atoms. The molecule has 0 saturated heterocycles. The highest BCUT2D eigenvalue weighted by atomic mass is 16.6. The number of hydrogen-bond acceptors (Lipinski definition) is 6. The van der Waals surface area contributed by atoms with Gasteiger partial charge >= 0.3 is 5.97 Å². The second-order valence-electron chi connectivity index (χ2n) is 9.38. The van der Waals surface area contributed by atoms with Crippen LogP contribution in [0.5, 0.6) is 5.88 Å². The first-order valence-electron chi connectivity index (χ1n) is 11.5. The molecule has 1 amide bonds. The maximum absolute atomic E-state index is 12.5. The number of unbranched alkanes of at least 4 members (excludes halogenated alkanes) is 1. The average molecular weight is 463 g/mol. The van der Waals surface area contributed by atoms with Gasteiger partial charge in [-0.3, -0.25) is 9.79 Å². The molecule has 1 aliphatic rings. The molecule has 4 N–H and O–H groups in total. The molecule has 0 fully saturated rings. The number of amides is 1. The number of nitrogens with zero attached hydrogens (tertiary/aromatic N) is 1. The largest absolute Gasteiger partial charge is 0.494 e. The molecule has 0 spiro atoms. The number of anilines is 1.